The summed E-state index contributed by atoms with van der Waals surface area (Å²) in [6.45, 7) is 3.92. The SMILES string of the molecule is CNC(=O)C(C)n1cc(Nc2nc(N=CC(C)C3CC3)c3cc[nH]c3n2)c(Cl)n1. The number of likely N-dealkylation sites (N-methyl/N-ethyl adjacent to an activating group) is 1. The van der Waals surface area contributed by atoms with Gasteiger partial charge in [0.05, 0.1) is 17.3 Å². The Bertz CT molecular complexity index is 1070. The standard InChI is InChI=1S/C19H23ClN8O/c1-10(12-4-5-12)8-23-17-13-6-7-22-16(13)25-19(26-17)24-14-9-28(27-15(14)20)11(2)18(29)21-3/h6-12H,4-5H2,1-3H3,(H,21,29)(H2,22,24,25,26). The van der Waals surface area contributed by atoms with Crippen molar-refractivity contribution in [3.05, 3.63) is 23.6 Å². The van der Waals surface area contributed by atoms with Gasteiger partial charge < -0.3 is 15.6 Å². The molecular weight excluding hydrogens is 392 g/mol. The lowest BCUT2D eigenvalue weighted by Gasteiger charge is -2.09. The maximum Gasteiger partial charge on any atom is 0.244 e. The van der Waals surface area contributed by atoms with Crippen LogP contribution in [0.15, 0.2) is 23.5 Å². The van der Waals surface area contributed by atoms with E-state index in [-0.39, 0.29) is 11.1 Å². The lowest BCUT2D eigenvalue weighted by atomic mass is 10.1. The summed E-state index contributed by atoms with van der Waals surface area (Å²) in [5.74, 6) is 1.93. The predicted molar refractivity (Wildman–Crippen MR) is 113 cm³/mol. The number of amides is 1. The predicted octanol–water partition coefficient (Wildman–Crippen LogP) is 3.61. The Labute approximate surface area is 173 Å². The van der Waals surface area contributed by atoms with Crippen molar-refractivity contribution in [1.29, 1.82) is 0 Å². The van der Waals surface area contributed by atoms with Crippen molar-refractivity contribution < 1.29 is 4.79 Å². The number of nitrogens with zero attached hydrogens (tertiary/aromatic N) is 5. The Hall–Kier alpha value is -2.94. The van der Waals surface area contributed by atoms with Crippen LogP contribution in [-0.4, -0.2) is 43.9 Å². The summed E-state index contributed by atoms with van der Waals surface area (Å²) in [4.78, 5) is 28.6. The summed E-state index contributed by atoms with van der Waals surface area (Å²) >= 11 is 6.25. The van der Waals surface area contributed by atoms with Crippen LogP contribution in [0.1, 0.15) is 32.7 Å². The molecule has 1 saturated carbocycles. The fourth-order valence-corrected chi connectivity index (χ4v) is 3.30. The fourth-order valence-electron chi connectivity index (χ4n) is 3.11. The number of hydrogen-bond donors (Lipinski definition) is 3. The van der Waals surface area contributed by atoms with Gasteiger partial charge in [-0.25, -0.2) is 4.99 Å². The van der Waals surface area contributed by atoms with Crippen LogP contribution in [0.2, 0.25) is 5.15 Å². The summed E-state index contributed by atoms with van der Waals surface area (Å²) in [6.07, 6.45) is 7.96. The number of carbonyl (C=O) groups is 1. The monoisotopic (exact) mass is 414 g/mol. The molecule has 9 nitrogen and oxygen atoms in total. The number of halogens is 1. The largest absolute Gasteiger partial charge is 0.357 e. The minimum absolute atomic E-state index is 0.166. The summed E-state index contributed by atoms with van der Waals surface area (Å²) in [6, 6.07) is 1.41. The van der Waals surface area contributed by atoms with Gasteiger partial charge >= 0.3 is 0 Å². The Morgan fingerprint density at radius 3 is 2.93 bits per heavy atom. The number of H-pyrrole nitrogens is 1. The van der Waals surface area contributed by atoms with Gasteiger partial charge in [-0.2, -0.15) is 15.1 Å². The van der Waals surface area contributed by atoms with Gasteiger partial charge in [-0.3, -0.25) is 9.48 Å². The van der Waals surface area contributed by atoms with Gasteiger partial charge in [0.15, 0.2) is 11.0 Å². The summed E-state index contributed by atoms with van der Waals surface area (Å²) < 4.78 is 1.49. The lowest BCUT2D eigenvalue weighted by molar-refractivity contribution is -0.123. The van der Waals surface area contributed by atoms with Crippen LogP contribution in [0.3, 0.4) is 0 Å². The van der Waals surface area contributed by atoms with Crippen LogP contribution in [0.5, 0.6) is 0 Å². The van der Waals surface area contributed by atoms with E-state index in [1.54, 1.807) is 20.2 Å². The van der Waals surface area contributed by atoms with E-state index in [0.29, 0.717) is 29.0 Å². The van der Waals surface area contributed by atoms with Crippen LogP contribution < -0.4 is 10.6 Å². The third kappa shape index (κ3) is 4.09. The summed E-state index contributed by atoms with van der Waals surface area (Å²) in [7, 11) is 1.58. The molecule has 3 aromatic rings. The number of carbonyl (C=O) groups excluding carboxylic acids is 1. The number of aliphatic imine (C=N–C) groups is 1. The number of aromatic amines is 1. The fraction of sp³-hybridized carbons (Fsp3) is 0.421. The topological polar surface area (TPSA) is 113 Å². The molecule has 1 aliphatic carbocycles. The van der Waals surface area contributed by atoms with Crippen LogP contribution >= 0.6 is 11.6 Å². The first-order valence-electron chi connectivity index (χ1n) is 9.59. The Morgan fingerprint density at radius 1 is 1.41 bits per heavy atom. The maximum absolute atomic E-state index is 11.9. The third-order valence-corrected chi connectivity index (χ3v) is 5.43. The molecule has 0 spiro atoms. The number of hydrogen-bond acceptors (Lipinski definition) is 6. The highest BCUT2D eigenvalue weighted by Gasteiger charge is 2.26. The number of rotatable bonds is 7. The number of nitrogens with one attached hydrogen (secondary N) is 3. The zero-order valence-corrected chi connectivity index (χ0v) is 17.2. The maximum atomic E-state index is 11.9. The smallest absolute Gasteiger partial charge is 0.244 e. The molecule has 0 aromatic carbocycles. The van der Waals surface area contributed by atoms with Crippen molar-refractivity contribution in [2.75, 3.05) is 12.4 Å². The van der Waals surface area contributed by atoms with Gasteiger partial charge in [-0.1, -0.05) is 18.5 Å². The van der Waals surface area contributed by atoms with E-state index in [1.165, 1.54) is 17.5 Å². The van der Waals surface area contributed by atoms with Gasteiger partial charge in [0.2, 0.25) is 11.9 Å². The first-order valence-corrected chi connectivity index (χ1v) is 9.96. The molecule has 4 rings (SSSR count). The van der Waals surface area contributed by atoms with Crippen molar-refractivity contribution in [1.82, 2.24) is 30.0 Å². The van der Waals surface area contributed by atoms with Crippen molar-refractivity contribution >= 4 is 52.2 Å². The van der Waals surface area contributed by atoms with Crippen molar-refractivity contribution in [3.8, 4) is 0 Å². The van der Waals surface area contributed by atoms with Gasteiger partial charge in [-0.15, -0.1) is 0 Å². The van der Waals surface area contributed by atoms with Crippen LogP contribution in [0.4, 0.5) is 17.5 Å². The number of anilines is 2. The molecule has 2 unspecified atom stereocenters. The quantitative estimate of drug-likeness (QED) is 0.511. The highest BCUT2D eigenvalue weighted by molar-refractivity contribution is 6.32. The van der Waals surface area contributed by atoms with E-state index < -0.39 is 6.04 Å². The molecule has 0 aliphatic heterocycles. The average Bonchev–Trinajstić information content (AvgIpc) is 3.36. The molecule has 152 valence electrons. The molecule has 2 atom stereocenters. The number of aromatic nitrogens is 5. The van der Waals surface area contributed by atoms with E-state index >= 15 is 0 Å². The molecule has 10 heteroatoms. The molecule has 0 radical (unpaired) electrons. The van der Waals surface area contributed by atoms with Crippen LogP contribution in [-0.2, 0) is 4.79 Å². The van der Waals surface area contributed by atoms with Gasteiger partial charge in [-0.05, 0) is 37.7 Å². The summed E-state index contributed by atoms with van der Waals surface area (Å²) in [5, 5.41) is 11.0. The van der Waals surface area contributed by atoms with Gasteiger partial charge in [0.25, 0.3) is 0 Å². The van der Waals surface area contributed by atoms with E-state index in [4.69, 9.17) is 11.6 Å². The van der Waals surface area contributed by atoms with E-state index in [9.17, 15) is 4.79 Å². The highest BCUT2D eigenvalue weighted by Crippen LogP contribution is 2.36. The van der Waals surface area contributed by atoms with Gasteiger partial charge in [0, 0.05) is 19.5 Å². The first-order chi connectivity index (χ1) is 14.0. The number of fused-ring (bicyclic) bond motifs is 1. The third-order valence-electron chi connectivity index (χ3n) is 5.15. The minimum Gasteiger partial charge on any atom is -0.357 e. The zero-order valence-electron chi connectivity index (χ0n) is 16.5. The molecule has 1 amide bonds. The van der Waals surface area contributed by atoms with Crippen LogP contribution in [0, 0.1) is 11.8 Å². The second kappa shape index (κ2) is 7.82. The second-order valence-electron chi connectivity index (χ2n) is 7.31. The molecule has 3 aromatic heterocycles. The Morgan fingerprint density at radius 2 is 2.21 bits per heavy atom. The second-order valence-corrected chi connectivity index (χ2v) is 7.67. The van der Waals surface area contributed by atoms with Crippen LogP contribution in [0.25, 0.3) is 11.0 Å². The minimum atomic E-state index is -0.496. The summed E-state index contributed by atoms with van der Waals surface area (Å²) in [5.41, 5.74) is 1.19. The molecule has 1 aliphatic rings. The Kier molecular flexibility index (Phi) is 5.23. The molecule has 3 N–H and O–H groups in total. The molecule has 0 saturated heterocycles. The molecule has 3 heterocycles. The first kappa shape index (κ1) is 19.4. The highest BCUT2D eigenvalue weighted by atomic mass is 35.5. The van der Waals surface area contributed by atoms with Crippen molar-refractivity contribution in [3.63, 3.8) is 0 Å². The lowest BCUT2D eigenvalue weighted by Crippen LogP contribution is -2.28. The molecular formula is C19H23ClN8O. The van der Waals surface area contributed by atoms with E-state index in [0.717, 1.165) is 11.3 Å². The van der Waals surface area contributed by atoms with Crippen molar-refractivity contribution in [2.24, 2.45) is 16.8 Å². The van der Waals surface area contributed by atoms with E-state index in [2.05, 4.69) is 42.6 Å². The molecule has 1 fully saturated rings. The van der Waals surface area contributed by atoms with Gasteiger partial charge in [0.1, 0.15) is 11.7 Å². The molecule has 0 bridgehead atoms. The van der Waals surface area contributed by atoms with Crippen molar-refractivity contribution in [2.45, 2.75) is 32.7 Å². The normalized spacial score (nSPS) is 16.3. The Balaban J connectivity index is 1.61. The average molecular weight is 415 g/mol. The molecule has 29 heavy (non-hydrogen) atoms. The van der Waals surface area contributed by atoms with E-state index in [1.807, 2.05) is 18.5 Å². The zero-order chi connectivity index (χ0) is 20.5.